The molecule has 23 heavy (non-hydrogen) atoms. The van der Waals surface area contributed by atoms with Crippen molar-refractivity contribution in [1.82, 2.24) is 14.6 Å². The number of halogens is 1. The van der Waals surface area contributed by atoms with Gasteiger partial charge in [-0.1, -0.05) is 11.3 Å². The summed E-state index contributed by atoms with van der Waals surface area (Å²) in [5, 5.41) is 4.94. The molecule has 0 aliphatic carbocycles. The van der Waals surface area contributed by atoms with Crippen LogP contribution in [0.5, 0.6) is 0 Å². The molecule has 0 aliphatic rings. The van der Waals surface area contributed by atoms with Crippen LogP contribution in [-0.4, -0.2) is 20.6 Å². The number of benzene rings is 1. The van der Waals surface area contributed by atoms with E-state index < -0.39 is 0 Å². The molecule has 0 saturated heterocycles. The Balaban J connectivity index is 1.97. The second kappa shape index (κ2) is 6.08. The van der Waals surface area contributed by atoms with Gasteiger partial charge in [0.2, 0.25) is 4.96 Å². The first-order valence-corrected chi connectivity index (χ1v) is 8.14. The number of nitrogens with zero attached hydrogens (tertiary/aromatic N) is 4. The van der Waals surface area contributed by atoms with Crippen molar-refractivity contribution in [3.05, 3.63) is 57.2 Å². The van der Waals surface area contributed by atoms with Gasteiger partial charge in [-0.3, -0.25) is 4.79 Å². The summed E-state index contributed by atoms with van der Waals surface area (Å²) >= 11 is 1.39. The van der Waals surface area contributed by atoms with Crippen LogP contribution in [0.25, 0.3) is 4.96 Å². The first-order chi connectivity index (χ1) is 10.9. The Morgan fingerprint density at radius 2 is 2.00 bits per heavy atom. The fourth-order valence-corrected chi connectivity index (χ4v) is 3.18. The molecule has 0 N–H and O–H groups in total. The molecule has 3 rings (SSSR count). The Morgan fingerprint density at radius 1 is 1.30 bits per heavy atom. The largest absolute Gasteiger partial charge is 0.363 e. The Kier molecular flexibility index (Phi) is 4.12. The topological polar surface area (TPSA) is 50.5 Å². The molecule has 0 radical (unpaired) electrons. The van der Waals surface area contributed by atoms with Crippen molar-refractivity contribution in [3.63, 3.8) is 0 Å². The van der Waals surface area contributed by atoms with Crippen molar-refractivity contribution in [2.75, 3.05) is 4.90 Å². The number of rotatable bonds is 4. The monoisotopic (exact) mass is 332 g/mol. The summed E-state index contributed by atoms with van der Waals surface area (Å²) in [6, 6.07) is 8.02. The van der Waals surface area contributed by atoms with E-state index in [1.807, 2.05) is 20.8 Å². The van der Waals surface area contributed by atoms with Crippen molar-refractivity contribution >= 4 is 22.0 Å². The summed E-state index contributed by atoms with van der Waals surface area (Å²) in [5.41, 5.74) is 1.39. The summed E-state index contributed by atoms with van der Waals surface area (Å²) in [5.74, 6) is -0.268. The SMILES string of the molecule is Cc1nn2c(=O)cc(CN(c3ccc(F)cc3)C(C)C)nc2s1. The third-order valence-electron chi connectivity index (χ3n) is 3.51. The van der Waals surface area contributed by atoms with Gasteiger partial charge in [-0.15, -0.1) is 0 Å². The van der Waals surface area contributed by atoms with E-state index in [-0.39, 0.29) is 17.4 Å². The van der Waals surface area contributed by atoms with Crippen molar-refractivity contribution in [3.8, 4) is 0 Å². The molecule has 0 unspecified atom stereocenters. The zero-order valence-corrected chi connectivity index (χ0v) is 14.0. The van der Waals surface area contributed by atoms with Crippen LogP contribution in [0.15, 0.2) is 35.1 Å². The van der Waals surface area contributed by atoms with E-state index in [0.29, 0.717) is 17.2 Å². The van der Waals surface area contributed by atoms with E-state index in [4.69, 9.17) is 0 Å². The maximum absolute atomic E-state index is 13.1. The van der Waals surface area contributed by atoms with Gasteiger partial charge in [0.05, 0.1) is 12.2 Å². The highest BCUT2D eigenvalue weighted by atomic mass is 32.1. The van der Waals surface area contributed by atoms with Crippen molar-refractivity contribution < 1.29 is 4.39 Å². The van der Waals surface area contributed by atoms with Gasteiger partial charge in [-0.05, 0) is 45.0 Å². The molecular weight excluding hydrogens is 315 g/mol. The van der Waals surface area contributed by atoms with Crippen molar-refractivity contribution in [1.29, 1.82) is 0 Å². The number of anilines is 1. The maximum Gasteiger partial charge on any atom is 0.275 e. The third-order valence-corrected chi connectivity index (χ3v) is 4.34. The molecule has 0 atom stereocenters. The summed E-state index contributed by atoms with van der Waals surface area (Å²) in [7, 11) is 0. The minimum atomic E-state index is -0.268. The van der Waals surface area contributed by atoms with Crippen LogP contribution in [0, 0.1) is 12.7 Å². The lowest BCUT2D eigenvalue weighted by molar-refractivity contribution is 0.625. The summed E-state index contributed by atoms with van der Waals surface area (Å²) < 4.78 is 14.4. The molecule has 0 bridgehead atoms. The van der Waals surface area contributed by atoms with Crippen LogP contribution < -0.4 is 10.5 Å². The van der Waals surface area contributed by atoms with E-state index in [1.165, 1.54) is 34.1 Å². The summed E-state index contributed by atoms with van der Waals surface area (Å²) in [6.45, 7) is 6.42. The average molecular weight is 332 g/mol. The molecule has 2 heterocycles. The Bertz CT molecular complexity index is 885. The molecule has 0 saturated carbocycles. The van der Waals surface area contributed by atoms with Gasteiger partial charge in [0.25, 0.3) is 5.56 Å². The van der Waals surface area contributed by atoms with Gasteiger partial charge in [0.15, 0.2) is 0 Å². The summed E-state index contributed by atoms with van der Waals surface area (Å²) in [4.78, 5) is 19.3. The predicted octanol–water partition coefficient (Wildman–Crippen LogP) is 3.01. The highest BCUT2D eigenvalue weighted by Gasteiger charge is 2.14. The minimum absolute atomic E-state index is 0.183. The van der Waals surface area contributed by atoms with Crippen LogP contribution in [0.1, 0.15) is 24.5 Å². The Morgan fingerprint density at radius 3 is 2.65 bits per heavy atom. The first kappa shape index (κ1) is 15.6. The van der Waals surface area contributed by atoms with E-state index in [9.17, 15) is 9.18 Å². The normalized spacial score (nSPS) is 11.3. The van der Waals surface area contributed by atoms with E-state index in [2.05, 4.69) is 15.0 Å². The second-order valence-corrected chi connectivity index (χ2v) is 6.76. The molecule has 0 fully saturated rings. The molecule has 1 aromatic carbocycles. The fourth-order valence-electron chi connectivity index (χ4n) is 2.41. The van der Waals surface area contributed by atoms with Gasteiger partial charge in [0, 0.05) is 17.8 Å². The molecule has 3 aromatic rings. The van der Waals surface area contributed by atoms with Crippen molar-refractivity contribution in [2.24, 2.45) is 0 Å². The highest BCUT2D eigenvalue weighted by molar-refractivity contribution is 7.16. The molecule has 5 nitrogen and oxygen atoms in total. The van der Waals surface area contributed by atoms with Crippen molar-refractivity contribution in [2.45, 2.75) is 33.4 Å². The van der Waals surface area contributed by atoms with Crippen LogP contribution in [-0.2, 0) is 6.54 Å². The highest BCUT2D eigenvalue weighted by Crippen LogP contribution is 2.20. The third kappa shape index (κ3) is 3.24. The lowest BCUT2D eigenvalue weighted by atomic mass is 10.2. The maximum atomic E-state index is 13.1. The van der Waals surface area contributed by atoms with Gasteiger partial charge in [-0.2, -0.15) is 9.61 Å². The number of aryl methyl sites for hydroxylation is 1. The molecule has 7 heteroatoms. The predicted molar refractivity (Wildman–Crippen MR) is 89.6 cm³/mol. The van der Waals surface area contributed by atoms with Crippen LogP contribution in [0.4, 0.5) is 10.1 Å². The van der Waals surface area contributed by atoms with Gasteiger partial charge >= 0.3 is 0 Å². The lowest BCUT2D eigenvalue weighted by Crippen LogP contribution is -2.31. The number of fused-ring (bicyclic) bond motifs is 1. The smallest absolute Gasteiger partial charge is 0.275 e. The zero-order chi connectivity index (χ0) is 16.6. The van der Waals surface area contributed by atoms with E-state index in [1.54, 1.807) is 12.1 Å². The Hall–Kier alpha value is -2.28. The molecule has 0 aliphatic heterocycles. The number of hydrogen-bond acceptors (Lipinski definition) is 5. The molecule has 2 aromatic heterocycles. The zero-order valence-electron chi connectivity index (χ0n) is 13.2. The molecule has 0 amide bonds. The van der Waals surface area contributed by atoms with Gasteiger partial charge in [0.1, 0.15) is 10.8 Å². The van der Waals surface area contributed by atoms with Gasteiger partial charge < -0.3 is 4.90 Å². The number of hydrogen-bond donors (Lipinski definition) is 0. The van der Waals surface area contributed by atoms with Gasteiger partial charge in [-0.25, -0.2) is 9.37 Å². The molecule has 0 spiro atoms. The standard InChI is InChI=1S/C16H17FN4OS/c1-10(2)20(14-6-4-12(17)5-7-14)9-13-8-15(22)21-16(18-13)23-11(3)19-21/h4-8,10H,9H2,1-3H3. The molecular formula is C16H17FN4OS. The second-order valence-electron chi connectivity index (χ2n) is 5.60. The van der Waals surface area contributed by atoms with Crippen LogP contribution in [0.3, 0.4) is 0 Å². The Labute approximate surface area is 137 Å². The fraction of sp³-hybridized carbons (Fsp3) is 0.312. The quantitative estimate of drug-likeness (QED) is 0.737. The first-order valence-electron chi connectivity index (χ1n) is 7.32. The number of aromatic nitrogens is 3. The van der Waals surface area contributed by atoms with Crippen LogP contribution >= 0.6 is 11.3 Å². The minimum Gasteiger partial charge on any atom is -0.363 e. The summed E-state index contributed by atoms with van der Waals surface area (Å²) in [6.07, 6.45) is 0. The molecule has 120 valence electrons. The average Bonchev–Trinajstić information content (AvgIpc) is 2.87. The van der Waals surface area contributed by atoms with E-state index >= 15 is 0 Å². The lowest BCUT2D eigenvalue weighted by Gasteiger charge is -2.28. The van der Waals surface area contributed by atoms with E-state index in [0.717, 1.165) is 10.7 Å². The van der Waals surface area contributed by atoms with Crippen LogP contribution in [0.2, 0.25) is 0 Å².